The molecule has 0 saturated carbocycles. The molecule has 0 radical (unpaired) electrons. The van der Waals surface area contributed by atoms with Gasteiger partial charge in [0.25, 0.3) is 0 Å². The second-order valence-electron chi connectivity index (χ2n) is 27.6. The number of benzene rings is 16. The van der Waals surface area contributed by atoms with E-state index in [9.17, 15) is 0 Å². The third-order valence-electron chi connectivity index (χ3n) is 21.2. The Morgan fingerprint density at radius 3 is 1.13 bits per heavy atom. The number of hydrogen-bond donors (Lipinski definition) is 0. The Hall–Kier alpha value is -13.5. The van der Waals surface area contributed by atoms with Gasteiger partial charge >= 0.3 is 0 Å². The number of para-hydroxylation sites is 4. The maximum Gasteiger partial charge on any atom is 0.137 e. The van der Waals surface area contributed by atoms with Crippen LogP contribution in [-0.2, 0) is 5.41 Å². The number of fused-ring (bicyclic) bond motifs is 12. The first-order chi connectivity index (χ1) is 51.3. The monoisotopic (exact) mass is 1330 g/mol. The van der Waals surface area contributed by atoms with Crippen LogP contribution < -0.4 is 9.80 Å². The van der Waals surface area contributed by atoms with Crippen LogP contribution in [0.4, 0.5) is 34.1 Å². The zero-order valence-electron chi connectivity index (χ0n) is 57.6. The Morgan fingerprint density at radius 1 is 0.221 bits per heavy atom. The van der Waals surface area contributed by atoms with Gasteiger partial charge in [-0.1, -0.05) is 263 Å². The summed E-state index contributed by atoms with van der Waals surface area (Å²) in [5.41, 5.74) is 30.4. The minimum Gasteiger partial charge on any atom is -0.456 e. The summed E-state index contributed by atoms with van der Waals surface area (Å²) in [7, 11) is 0. The Morgan fingerprint density at radius 2 is 0.587 bits per heavy atom. The van der Waals surface area contributed by atoms with E-state index >= 15 is 0 Å². The quantitative estimate of drug-likeness (QED) is 0.122. The zero-order valence-corrected chi connectivity index (χ0v) is 57.6. The average molecular weight is 1330 g/mol. The van der Waals surface area contributed by atoms with Crippen molar-refractivity contribution in [2.75, 3.05) is 9.80 Å². The van der Waals surface area contributed by atoms with Crippen LogP contribution in [0.2, 0.25) is 0 Å². The summed E-state index contributed by atoms with van der Waals surface area (Å²) >= 11 is 0. The maximum atomic E-state index is 6.32. The number of furan rings is 1. The van der Waals surface area contributed by atoms with E-state index in [1.165, 1.54) is 105 Å². The lowest BCUT2D eigenvalue weighted by Crippen LogP contribution is -2.16. The second kappa shape index (κ2) is 25.6. The Balaban J connectivity index is 0.000000143. The van der Waals surface area contributed by atoms with Gasteiger partial charge < -0.3 is 23.4 Å². The van der Waals surface area contributed by atoms with Crippen molar-refractivity contribution in [1.29, 1.82) is 0 Å². The van der Waals surface area contributed by atoms with Gasteiger partial charge in [-0.25, -0.2) is 0 Å². The van der Waals surface area contributed by atoms with Crippen molar-refractivity contribution in [3.63, 3.8) is 0 Å². The highest BCUT2D eigenvalue weighted by atomic mass is 16.3. The van der Waals surface area contributed by atoms with Gasteiger partial charge in [0, 0.05) is 89.3 Å². The first-order valence-corrected chi connectivity index (χ1v) is 35.8. The van der Waals surface area contributed by atoms with Gasteiger partial charge in [0.2, 0.25) is 0 Å². The van der Waals surface area contributed by atoms with Crippen molar-refractivity contribution in [1.82, 2.24) is 9.13 Å². The highest BCUT2D eigenvalue weighted by Gasteiger charge is 2.36. The first-order valence-electron chi connectivity index (χ1n) is 35.8. The molecule has 16 aromatic carbocycles. The summed E-state index contributed by atoms with van der Waals surface area (Å²) in [6, 6.07) is 140. The molecule has 492 valence electrons. The molecule has 5 heteroatoms. The van der Waals surface area contributed by atoms with E-state index in [1.54, 1.807) is 0 Å². The summed E-state index contributed by atoms with van der Waals surface area (Å²) in [5.74, 6) is 0. The van der Waals surface area contributed by atoms with Crippen LogP contribution in [0, 0.1) is 0 Å². The lowest BCUT2D eigenvalue weighted by atomic mass is 9.82. The number of rotatable bonds is 12. The summed E-state index contributed by atoms with van der Waals surface area (Å²) in [6.07, 6.45) is 0. The van der Waals surface area contributed by atoms with Gasteiger partial charge in [0.1, 0.15) is 11.2 Å². The molecule has 0 unspecified atom stereocenters. The average Bonchev–Trinajstić information content (AvgIpc) is 1.59. The van der Waals surface area contributed by atoms with Crippen molar-refractivity contribution in [2.45, 2.75) is 19.3 Å². The summed E-state index contributed by atoms with van der Waals surface area (Å²) in [4.78, 5) is 4.75. The fraction of sp³-hybridized carbons (Fsp3) is 0.0303. The fourth-order valence-corrected chi connectivity index (χ4v) is 16.1. The lowest BCUT2D eigenvalue weighted by molar-refractivity contribution is 0.660. The Bertz CT molecular complexity index is 6310. The van der Waals surface area contributed by atoms with Crippen LogP contribution in [0.1, 0.15) is 25.0 Å². The van der Waals surface area contributed by atoms with Gasteiger partial charge in [-0.05, 0) is 200 Å². The molecule has 104 heavy (non-hydrogen) atoms. The molecule has 5 nitrogen and oxygen atoms in total. The molecule has 0 N–H and O–H groups in total. The molecular weight excluding hydrogens is 1260 g/mol. The van der Waals surface area contributed by atoms with Crippen LogP contribution in [0.25, 0.3) is 133 Å². The molecule has 20 rings (SSSR count). The van der Waals surface area contributed by atoms with E-state index < -0.39 is 0 Å². The molecule has 0 fully saturated rings. The van der Waals surface area contributed by atoms with Crippen molar-refractivity contribution >= 4 is 99.7 Å². The van der Waals surface area contributed by atoms with E-state index in [0.717, 1.165) is 72.8 Å². The maximum absolute atomic E-state index is 6.32. The van der Waals surface area contributed by atoms with Crippen molar-refractivity contribution in [3.8, 4) is 67.0 Å². The Labute approximate surface area is 604 Å². The molecule has 0 aliphatic heterocycles. The predicted octanol–water partition coefficient (Wildman–Crippen LogP) is 27.4. The Kier molecular flexibility index (Phi) is 15.2. The van der Waals surface area contributed by atoms with Gasteiger partial charge in [0.05, 0.1) is 22.1 Å². The highest BCUT2D eigenvalue weighted by molar-refractivity contribution is 6.13. The van der Waals surface area contributed by atoms with Crippen molar-refractivity contribution in [3.05, 3.63) is 399 Å². The van der Waals surface area contributed by atoms with Crippen LogP contribution in [0.3, 0.4) is 0 Å². The van der Waals surface area contributed by atoms with Gasteiger partial charge in [-0.3, -0.25) is 0 Å². The molecule has 1 aliphatic carbocycles. The number of hydrogen-bond acceptors (Lipinski definition) is 3. The molecule has 1 aliphatic rings. The molecule has 0 spiro atoms. The molecule has 0 atom stereocenters. The van der Waals surface area contributed by atoms with Crippen molar-refractivity contribution in [2.24, 2.45) is 0 Å². The SMILES string of the molecule is CC1(C)c2ccccc2-c2ccc(N(c3ccc(-c4ccccc4)cc3)c3ccc(-c4ccc5c(c4)c4ccccc4n5-c4ccccc4)cc3)cc21.c1ccc(-c2ccc(N(c3ccc(-c4ccccc4)cc3)c3ccc4c(c3)c3ccccc3n4-c3ccc4c(c3)oc3ccccc34)cc2)cc1. The molecule has 0 bridgehead atoms. The summed E-state index contributed by atoms with van der Waals surface area (Å²) in [6.45, 7) is 4.70. The van der Waals surface area contributed by atoms with Crippen LogP contribution in [0.15, 0.2) is 393 Å². The predicted molar refractivity (Wildman–Crippen MR) is 438 cm³/mol. The fourth-order valence-electron chi connectivity index (χ4n) is 16.1. The third kappa shape index (κ3) is 10.8. The topological polar surface area (TPSA) is 29.5 Å². The number of aromatic nitrogens is 2. The van der Waals surface area contributed by atoms with Crippen LogP contribution in [-0.4, -0.2) is 9.13 Å². The minimum atomic E-state index is -0.0864. The van der Waals surface area contributed by atoms with E-state index in [-0.39, 0.29) is 5.41 Å². The number of anilines is 6. The molecule has 3 heterocycles. The van der Waals surface area contributed by atoms with Gasteiger partial charge in [-0.2, -0.15) is 0 Å². The van der Waals surface area contributed by atoms with E-state index in [4.69, 9.17) is 4.42 Å². The summed E-state index contributed by atoms with van der Waals surface area (Å²) < 4.78 is 11.0. The molecule has 19 aromatic rings. The van der Waals surface area contributed by atoms with E-state index in [1.807, 2.05) is 12.1 Å². The van der Waals surface area contributed by atoms with E-state index in [2.05, 4.69) is 409 Å². The molecular formula is C99H70N4O. The minimum absolute atomic E-state index is 0.0864. The normalized spacial score (nSPS) is 12.2. The third-order valence-corrected chi connectivity index (χ3v) is 21.2. The van der Waals surface area contributed by atoms with Crippen LogP contribution in [0.5, 0.6) is 0 Å². The second-order valence-corrected chi connectivity index (χ2v) is 27.6. The van der Waals surface area contributed by atoms with Crippen molar-refractivity contribution < 1.29 is 4.42 Å². The molecule has 0 amide bonds. The molecule has 0 saturated heterocycles. The first kappa shape index (κ1) is 61.6. The highest BCUT2D eigenvalue weighted by Crippen LogP contribution is 2.51. The standard InChI is InChI=1S/C51H38N2.C48H32N2O/c1-51(2)47-19-11-9-17-43(47)44-31-30-42(34-48(44)51)52(40-26-21-36(22-27-40)35-13-5-3-6-14-35)41-28-23-37(24-29-41)38-25-32-50-46(33-38)45-18-10-12-20-49(45)53(50)39-15-7-4-8-16-39;1-3-11-33(12-4-1)35-19-23-37(24-20-35)49(38-25-21-36(22-26-38)34-13-5-2-6-14-34)39-28-30-46-44(31-39)41-15-7-9-17-45(41)50(46)40-27-29-43-42-16-8-10-18-47(42)51-48(43)32-40/h3-34H,1-2H3;1-32H. The van der Waals surface area contributed by atoms with Gasteiger partial charge in [0.15, 0.2) is 0 Å². The van der Waals surface area contributed by atoms with Crippen LogP contribution >= 0.6 is 0 Å². The largest absolute Gasteiger partial charge is 0.456 e. The van der Waals surface area contributed by atoms with Gasteiger partial charge in [-0.15, -0.1) is 0 Å². The molecule has 3 aromatic heterocycles. The summed E-state index contributed by atoms with van der Waals surface area (Å²) in [5, 5.41) is 7.19. The smallest absolute Gasteiger partial charge is 0.137 e. The number of nitrogens with zero attached hydrogens (tertiary/aromatic N) is 4. The zero-order chi connectivity index (χ0) is 69.2. The lowest BCUT2D eigenvalue weighted by Gasteiger charge is -2.28. The van der Waals surface area contributed by atoms with E-state index in [0.29, 0.717) is 0 Å².